The molecule has 0 aliphatic carbocycles. The number of halogens is 1. The van der Waals surface area contributed by atoms with Crippen molar-refractivity contribution in [2.45, 2.75) is 18.6 Å². The minimum absolute atomic E-state index is 0.219. The standard InChI is InChI=1S/C17H25FN2O3/c18-14-2-4-15(5-3-14)23-9-1-6-19-12-16(17(21)13-19)20-7-10-22-11-8-20/h2-5,16-17,21H,1,6-13H2/t16-,17-/m0/s1. The van der Waals surface area contributed by atoms with Crippen LogP contribution < -0.4 is 4.74 Å². The van der Waals surface area contributed by atoms with E-state index in [1.807, 2.05) is 0 Å². The summed E-state index contributed by atoms with van der Waals surface area (Å²) < 4.78 is 23.8. The predicted molar refractivity (Wildman–Crippen MR) is 85.1 cm³/mol. The van der Waals surface area contributed by atoms with E-state index in [1.165, 1.54) is 12.1 Å². The van der Waals surface area contributed by atoms with E-state index in [2.05, 4.69) is 9.80 Å². The summed E-state index contributed by atoms with van der Waals surface area (Å²) >= 11 is 0. The number of morpholine rings is 1. The van der Waals surface area contributed by atoms with Gasteiger partial charge in [-0.25, -0.2) is 4.39 Å². The number of ether oxygens (including phenoxy) is 2. The maximum Gasteiger partial charge on any atom is 0.123 e. The van der Waals surface area contributed by atoms with Crippen molar-refractivity contribution in [3.8, 4) is 5.75 Å². The summed E-state index contributed by atoms with van der Waals surface area (Å²) in [5.74, 6) is 0.441. The normalized spacial score (nSPS) is 26.5. The Morgan fingerprint density at radius 1 is 1.17 bits per heavy atom. The second-order valence-electron chi connectivity index (χ2n) is 6.20. The maximum absolute atomic E-state index is 12.8. The molecule has 0 radical (unpaired) electrons. The van der Waals surface area contributed by atoms with Gasteiger partial charge in [-0.15, -0.1) is 0 Å². The fourth-order valence-corrected chi connectivity index (χ4v) is 3.31. The first-order chi connectivity index (χ1) is 11.2. The number of nitrogens with zero attached hydrogens (tertiary/aromatic N) is 2. The Labute approximate surface area is 136 Å². The molecule has 0 aromatic heterocycles. The van der Waals surface area contributed by atoms with E-state index >= 15 is 0 Å². The molecule has 2 aliphatic heterocycles. The third-order valence-electron chi connectivity index (χ3n) is 4.55. The molecule has 2 saturated heterocycles. The molecule has 2 atom stereocenters. The van der Waals surface area contributed by atoms with Crippen molar-refractivity contribution in [1.29, 1.82) is 0 Å². The zero-order valence-electron chi connectivity index (χ0n) is 13.4. The van der Waals surface area contributed by atoms with Gasteiger partial charge in [-0.2, -0.15) is 0 Å². The van der Waals surface area contributed by atoms with Gasteiger partial charge in [0.15, 0.2) is 0 Å². The molecule has 1 aromatic carbocycles. The Hall–Kier alpha value is -1.21. The van der Waals surface area contributed by atoms with Crippen LogP contribution in [-0.4, -0.2) is 79.6 Å². The van der Waals surface area contributed by atoms with Crippen LogP contribution in [0.2, 0.25) is 0 Å². The number of aliphatic hydroxyl groups is 1. The monoisotopic (exact) mass is 324 g/mol. The van der Waals surface area contributed by atoms with Crippen molar-refractivity contribution in [1.82, 2.24) is 9.80 Å². The van der Waals surface area contributed by atoms with Crippen LogP contribution in [0.5, 0.6) is 5.75 Å². The Balaban J connectivity index is 1.36. The van der Waals surface area contributed by atoms with Crippen molar-refractivity contribution in [2.24, 2.45) is 0 Å². The molecule has 3 rings (SSSR count). The highest BCUT2D eigenvalue weighted by molar-refractivity contribution is 5.21. The lowest BCUT2D eigenvalue weighted by molar-refractivity contribution is -0.00616. The molecule has 1 aromatic rings. The molecule has 5 nitrogen and oxygen atoms in total. The van der Waals surface area contributed by atoms with Crippen LogP contribution in [0.3, 0.4) is 0 Å². The van der Waals surface area contributed by atoms with Crippen LogP contribution in [0.15, 0.2) is 24.3 Å². The molecule has 0 unspecified atom stereocenters. The summed E-state index contributed by atoms with van der Waals surface area (Å²) in [5, 5.41) is 10.3. The third-order valence-corrected chi connectivity index (χ3v) is 4.55. The molecule has 0 spiro atoms. The van der Waals surface area contributed by atoms with Gasteiger partial charge in [0.25, 0.3) is 0 Å². The van der Waals surface area contributed by atoms with Gasteiger partial charge in [0, 0.05) is 38.8 Å². The first-order valence-corrected chi connectivity index (χ1v) is 8.33. The summed E-state index contributed by atoms with van der Waals surface area (Å²) in [6.45, 7) is 6.45. The lowest BCUT2D eigenvalue weighted by Gasteiger charge is -2.33. The van der Waals surface area contributed by atoms with Crippen molar-refractivity contribution in [3.05, 3.63) is 30.1 Å². The number of hydrogen-bond acceptors (Lipinski definition) is 5. The maximum atomic E-state index is 12.8. The molecule has 0 bridgehead atoms. The highest BCUT2D eigenvalue weighted by Gasteiger charge is 2.35. The molecule has 2 aliphatic rings. The zero-order chi connectivity index (χ0) is 16.1. The van der Waals surface area contributed by atoms with E-state index in [-0.39, 0.29) is 18.0 Å². The molecule has 2 heterocycles. The van der Waals surface area contributed by atoms with Gasteiger partial charge in [0.1, 0.15) is 11.6 Å². The molecule has 1 N–H and O–H groups in total. The van der Waals surface area contributed by atoms with Gasteiger partial charge < -0.3 is 14.6 Å². The quantitative estimate of drug-likeness (QED) is 0.790. The first-order valence-electron chi connectivity index (χ1n) is 8.33. The smallest absolute Gasteiger partial charge is 0.123 e. The number of likely N-dealkylation sites (tertiary alicyclic amines) is 1. The summed E-state index contributed by atoms with van der Waals surface area (Å²) in [6.07, 6.45) is 0.603. The summed E-state index contributed by atoms with van der Waals surface area (Å²) in [6, 6.07) is 6.31. The summed E-state index contributed by atoms with van der Waals surface area (Å²) in [4.78, 5) is 4.63. The van der Waals surface area contributed by atoms with E-state index in [4.69, 9.17) is 9.47 Å². The van der Waals surface area contributed by atoms with Gasteiger partial charge in [-0.3, -0.25) is 9.80 Å². The Morgan fingerprint density at radius 3 is 2.65 bits per heavy atom. The number of hydrogen-bond donors (Lipinski definition) is 1. The van der Waals surface area contributed by atoms with Crippen LogP contribution in [-0.2, 0) is 4.74 Å². The van der Waals surface area contributed by atoms with Crippen LogP contribution in [0.25, 0.3) is 0 Å². The minimum Gasteiger partial charge on any atom is -0.494 e. The SMILES string of the molecule is O[C@H]1CN(CCCOc2ccc(F)cc2)C[C@@H]1N1CCOCC1. The molecule has 0 amide bonds. The zero-order valence-corrected chi connectivity index (χ0v) is 13.4. The fourth-order valence-electron chi connectivity index (χ4n) is 3.31. The van der Waals surface area contributed by atoms with Gasteiger partial charge >= 0.3 is 0 Å². The van der Waals surface area contributed by atoms with E-state index in [0.717, 1.165) is 52.4 Å². The lowest BCUT2D eigenvalue weighted by atomic mass is 10.2. The number of rotatable bonds is 6. The predicted octanol–water partition coefficient (Wildman–Crippen LogP) is 0.972. The number of benzene rings is 1. The average Bonchev–Trinajstić information content (AvgIpc) is 2.95. The second kappa shape index (κ2) is 8.06. The third kappa shape index (κ3) is 4.64. The van der Waals surface area contributed by atoms with Crippen LogP contribution in [0.4, 0.5) is 4.39 Å². The lowest BCUT2D eigenvalue weighted by Crippen LogP contribution is -2.48. The van der Waals surface area contributed by atoms with Gasteiger partial charge in [0.05, 0.1) is 25.9 Å². The first kappa shape index (κ1) is 16.6. The highest BCUT2D eigenvalue weighted by Crippen LogP contribution is 2.18. The minimum atomic E-state index is -0.286. The Bertz CT molecular complexity index is 479. The van der Waals surface area contributed by atoms with E-state index < -0.39 is 0 Å². The van der Waals surface area contributed by atoms with Crippen molar-refractivity contribution < 1.29 is 19.0 Å². The van der Waals surface area contributed by atoms with Gasteiger partial charge in [0.2, 0.25) is 0 Å². The van der Waals surface area contributed by atoms with Crippen molar-refractivity contribution >= 4 is 0 Å². The Kier molecular flexibility index (Phi) is 5.83. The summed E-state index contributed by atoms with van der Waals surface area (Å²) in [7, 11) is 0. The topological polar surface area (TPSA) is 45.2 Å². The number of β-amino-alcohol motifs (C(OH)–C–C–N with tert-alkyl or cyclic N) is 1. The van der Waals surface area contributed by atoms with Crippen molar-refractivity contribution in [2.75, 3.05) is 52.5 Å². The molecule has 23 heavy (non-hydrogen) atoms. The number of aliphatic hydroxyl groups excluding tert-OH is 1. The van der Waals surface area contributed by atoms with Crippen LogP contribution in [0.1, 0.15) is 6.42 Å². The average molecular weight is 324 g/mol. The second-order valence-corrected chi connectivity index (χ2v) is 6.20. The highest BCUT2D eigenvalue weighted by atomic mass is 19.1. The fraction of sp³-hybridized carbons (Fsp3) is 0.647. The largest absolute Gasteiger partial charge is 0.494 e. The molecule has 128 valence electrons. The van der Waals surface area contributed by atoms with E-state index in [0.29, 0.717) is 12.4 Å². The molecule has 2 fully saturated rings. The van der Waals surface area contributed by atoms with Crippen molar-refractivity contribution in [3.63, 3.8) is 0 Å². The van der Waals surface area contributed by atoms with E-state index in [9.17, 15) is 9.50 Å². The van der Waals surface area contributed by atoms with E-state index in [1.54, 1.807) is 12.1 Å². The molecular weight excluding hydrogens is 299 g/mol. The molecule has 0 saturated carbocycles. The van der Waals surface area contributed by atoms with Crippen LogP contribution >= 0.6 is 0 Å². The van der Waals surface area contributed by atoms with Crippen LogP contribution in [0, 0.1) is 5.82 Å². The molecular formula is C17H25FN2O3. The molecule has 6 heteroatoms. The Morgan fingerprint density at radius 2 is 1.91 bits per heavy atom. The van der Waals surface area contributed by atoms with Gasteiger partial charge in [-0.1, -0.05) is 0 Å². The summed E-state index contributed by atoms with van der Waals surface area (Å²) in [5.41, 5.74) is 0. The van der Waals surface area contributed by atoms with Gasteiger partial charge in [-0.05, 0) is 30.7 Å².